The van der Waals surface area contributed by atoms with E-state index in [2.05, 4.69) is 0 Å². The van der Waals surface area contributed by atoms with Crippen molar-refractivity contribution in [1.29, 1.82) is 0 Å². The Labute approximate surface area is 95.0 Å². The Morgan fingerprint density at radius 3 is 0.462 bits per heavy atom. The molecular weight excluding hydrogens is 351 g/mol. The first-order valence-electron chi connectivity index (χ1n) is 3.62. The molecule has 6 nitrogen and oxygen atoms in total. The second-order valence-corrected chi connectivity index (χ2v) is 1.50. The maximum Gasteiger partial charge on any atom is 0 e. The number of hydrogen-bond acceptors (Lipinski definition) is 0. The summed E-state index contributed by atoms with van der Waals surface area (Å²) in [5.41, 5.74) is 37.6. The Morgan fingerprint density at radius 2 is 0.462 bits per heavy atom. The average molecular weight is 369 g/mol. The van der Waals surface area contributed by atoms with E-state index in [0.29, 0.717) is 0 Å². The molecule has 7 heteroatoms. The van der Waals surface area contributed by atoms with Crippen molar-refractivity contribution >= 4 is 0 Å². The second kappa shape index (κ2) is 39.2. The molecule has 6 N–H and O–H groups in total. The van der Waals surface area contributed by atoms with Gasteiger partial charge in [-0.05, 0) is 0 Å². The number of hydrogen-bond donors (Lipinski definition) is 0. The Balaban J connectivity index is -0.0000000450. The van der Waals surface area contributed by atoms with Gasteiger partial charge in [0.15, 0.2) is 0 Å². The maximum absolute atomic E-state index is 6.26. The first-order chi connectivity index (χ1) is 5.74. The van der Waals surface area contributed by atoms with Crippen LogP contribution in [0.2, 0.25) is 0 Å². The van der Waals surface area contributed by atoms with Gasteiger partial charge in [0.2, 0.25) is 0 Å². The Hall–Kier alpha value is 0.448. The minimum Gasteiger partial charge on any atom is -0.679 e. The van der Waals surface area contributed by atoms with Crippen LogP contribution < -0.4 is 0 Å². The van der Waals surface area contributed by atoms with Crippen LogP contribution in [0.15, 0.2) is 0 Å². The van der Waals surface area contributed by atoms with Crippen LogP contribution in [0.5, 0.6) is 0 Å². The summed E-state index contributed by atoms with van der Waals surface area (Å²) in [6.45, 7) is 1.42. The number of rotatable bonds is 3. The molecule has 0 bridgehead atoms. The van der Waals surface area contributed by atoms with Crippen LogP contribution in [0.25, 0.3) is 34.4 Å². The third kappa shape index (κ3) is 114. The fourth-order valence-corrected chi connectivity index (χ4v) is 0. The van der Waals surface area contributed by atoms with E-state index >= 15 is 0 Å². The van der Waals surface area contributed by atoms with E-state index in [9.17, 15) is 0 Å². The fraction of sp³-hybridized carbons (Fsp3) is 1.00. The molecule has 0 aromatic heterocycles. The molecule has 0 saturated carbocycles. The maximum atomic E-state index is 6.26. The van der Waals surface area contributed by atoms with Crippen molar-refractivity contribution in [2.45, 2.75) is 0 Å². The summed E-state index contributed by atoms with van der Waals surface area (Å²) in [6, 6.07) is 0. The topological polar surface area (TPSA) is 143 Å². The van der Waals surface area contributed by atoms with Gasteiger partial charge in [-0.2, -0.15) is 39.3 Å². The molecule has 0 unspecified atom stereocenters. The molecular formula is C6H18N6Pt-6. The molecule has 0 aromatic carbocycles. The molecule has 88 valence electrons. The van der Waals surface area contributed by atoms with Gasteiger partial charge in [-0.3, -0.25) is 0 Å². The van der Waals surface area contributed by atoms with E-state index in [1.54, 1.807) is 0 Å². The molecule has 0 atom stereocenters. The van der Waals surface area contributed by atoms with E-state index in [1.807, 2.05) is 0 Å². The van der Waals surface area contributed by atoms with Gasteiger partial charge in [-0.25, -0.2) is 0 Å². The van der Waals surface area contributed by atoms with E-state index < -0.39 is 0 Å². The smallest absolute Gasteiger partial charge is 0 e. The van der Waals surface area contributed by atoms with Crippen molar-refractivity contribution < 1.29 is 21.1 Å². The zero-order chi connectivity index (χ0) is 10.2. The molecule has 0 aliphatic rings. The molecule has 0 heterocycles. The SMILES string of the molecule is [NH-]CC[NH-].[NH-]CC[NH-].[NH-]CC[NH-].[Pt]. The number of nitrogens with one attached hydrogen (secondary N) is 6. The van der Waals surface area contributed by atoms with Crippen LogP contribution in [0.4, 0.5) is 0 Å². The van der Waals surface area contributed by atoms with Crippen LogP contribution >= 0.6 is 0 Å². The summed E-state index contributed by atoms with van der Waals surface area (Å²) in [7, 11) is 0. The Kier molecular flexibility index (Phi) is 70.5. The average Bonchev–Trinajstić information content (AvgIpc) is 2.18. The van der Waals surface area contributed by atoms with E-state index in [0.717, 1.165) is 0 Å². The largest absolute Gasteiger partial charge is 0.679 e. The molecule has 0 spiro atoms. The molecule has 0 radical (unpaired) electrons. The van der Waals surface area contributed by atoms with Crippen LogP contribution in [-0.4, -0.2) is 39.3 Å². The predicted octanol–water partition coefficient (Wildman–Crippen LogP) is 3.27. The standard InChI is InChI=1S/3C2H6N2.Pt/c3*3-1-2-4;/h3*3-4H,1-2H2;/q3*-2;. The van der Waals surface area contributed by atoms with Gasteiger partial charge in [0, 0.05) is 21.1 Å². The van der Waals surface area contributed by atoms with Crippen LogP contribution in [-0.2, 0) is 21.1 Å². The minimum absolute atomic E-state index is 0. The minimum atomic E-state index is 0. The Morgan fingerprint density at radius 1 is 0.385 bits per heavy atom. The van der Waals surface area contributed by atoms with E-state index in [-0.39, 0.29) is 60.3 Å². The normalized spacial score (nSPS) is 6.92. The summed E-state index contributed by atoms with van der Waals surface area (Å²) >= 11 is 0. The zero-order valence-corrected chi connectivity index (χ0v) is 9.83. The van der Waals surface area contributed by atoms with E-state index in [1.165, 1.54) is 0 Å². The zero-order valence-electron chi connectivity index (χ0n) is 7.56. The fourth-order valence-electron chi connectivity index (χ4n) is 0. The molecule has 0 fully saturated rings. The summed E-state index contributed by atoms with van der Waals surface area (Å²) in [6.07, 6.45) is 0. The van der Waals surface area contributed by atoms with Crippen molar-refractivity contribution in [1.82, 2.24) is 0 Å². The Bertz CT molecular complexity index is 32.6. The first-order valence-corrected chi connectivity index (χ1v) is 3.62. The van der Waals surface area contributed by atoms with Crippen molar-refractivity contribution in [2.75, 3.05) is 39.3 Å². The predicted molar refractivity (Wildman–Crippen MR) is 55.1 cm³/mol. The third-order valence-corrected chi connectivity index (χ3v) is 0.375. The monoisotopic (exact) mass is 369 g/mol. The van der Waals surface area contributed by atoms with Gasteiger partial charge >= 0.3 is 0 Å². The molecule has 0 aromatic rings. The van der Waals surface area contributed by atoms with Gasteiger partial charge < -0.3 is 34.4 Å². The molecule has 0 rings (SSSR count). The molecule has 0 saturated heterocycles. The van der Waals surface area contributed by atoms with Crippen molar-refractivity contribution in [3.63, 3.8) is 0 Å². The summed E-state index contributed by atoms with van der Waals surface area (Å²) in [4.78, 5) is 0. The van der Waals surface area contributed by atoms with Gasteiger partial charge in [0.25, 0.3) is 0 Å². The van der Waals surface area contributed by atoms with Crippen LogP contribution in [0.1, 0.15) is 0 Å². The third-order valence-electron chi connectivity index (χ3n) is 0.375. The summed E-state index contributed by atoms with van der Waals surface area (Å²) in [5, 5.41) is 0. The van der Waals surface area contributed by atoms with E-state index in [4.69, 9.17) is 34.4 Å². The van der Waals surface area contributed by atoms with Crippen molar-refractivity contribution in [3.8, 4) is 0 Å². The van der Waals surface area contributed by atoms with Gasteiger partial charge in [0.1, 0.15) is 0 Å². The molecule has 0 aliphatic carbocycles. The molecule has 0 amide bonds. The van der Waals surface area contributed by atoms with Crippen LogP contribution in [0.3, 0.4) is 0 Å². The quantitative estimate of drug-likeness (QED) is 0.719. The van der Waals surface area contributed by atoms with Gasteiger partial charge in [0.05, 0.1) is 0 Å². The summed E-state index contributed by atoms with van der Waals surface area (Å²) in [5.74, 6) is 0. The first kappa shape index (κ1) is 23.3. The van der Waals surface area contributed by atoms with Crippen LogP contribution in [0, 0.1) is 0 Å². The van der Waals surface area contributed by atoms with Gasteiger partial charge in [-0.15, -0.1) is 0 Å². The van der Waals surface area contributed by atoms with Gasteiger partial charge in [-0.1, -0.05) is 0 Å². The second-order valence-electron chi connectivity index (χ2n) is 1.50. The summed E-state index contributed by atoms with van der Waals surface area (Å²) < 4.78 is 0. The molecule has 0 aliphatic heterocycles. The molecule has 13 heavy (non-hydrogen) atoms. The van der Waals surface area contributed by atoms with Crippen molar-refractivity contribution in [2.24, 2.45) is 0 Å². The van der Waals surface area contributed by atoms with Crippen molar-refractivity contribution in [3.05, 3.63) is 34.4 Å².